The highest BCUT2D eigenvalue weighted by Gasteiger charge is 2.05. The minimum atomic E-state index is 0.162. The normalized spacial score (nSPS) is 12.9. The highest BCUT2D eigenvalue weighted by atomic mass is 15.2. The molecule has 4 heteroatoms. The van der Waals surface area contributed by atoms with Crippen LogP contribution in [0.2, 0.25) is 0 Å². The van der Waals surface area contributed by atoms with Gasteiger partial charge in [-0.15, -0.1) is 0 Å². The monoisotopic (exact) mass is 232 g/mol. The number of nitrogens with two attached hydrogens (primary N) is 1. The van der Waals surface area contributed by atoms with E-state index in [2.05, 4.69) is 41.2 Å². The van der Waals surface area contributed by atoms with Gasteiger partial charge in [0.1, 0.15) is 0 Å². The largest absolute Gasteiger partial charge is 0.354 e. The van der Waals surface area contributed by atoms with Gasteiger partial charge in [0.05, 0.1) is 6.20 Å². The van der Waals surface area contributed by atoms with Crippen molar-refractivity contribution >= 4 is 0 Å². The maximum atomic E-state index is 5.99. The lowest BCUT2D eigenvalue weighted by molar-refractivity contribution is 0.673. The Kier molecular flexibility index (Phi) is 3.64. The van der Waals surface area contributed by atoms with Crippen LogP contribution >= 0.6 is 0 Å². The predicted octanol–water partition coefficient (Wildman–Crippen LogP) is 1.87. The van der Waals surface area contributed by atoms with Crippen LogP contribution in [0, 0.1) is 0 Å². The second-order valence-electron chi connectivity index (χ2n) is 4.47. The molecule has 17 heavy (non-hydrogen) atoms. The summed E-state index contributed by atoms with van der Waals surface area (Å²) in [6, 6.07) is 2.27. The Labute approximate surface area is 102 Å². The lowest BCUT2D eigenvalue weighted by Crippen LogP contribution is -2.07. The van der Waals surface area contributed by atoms with Gasteiger partial charge >= 0.3 is 0 Å². The van der Waals surface area contributed by atoms with Gasteiger partial charge in [0.25, 0.3) is 0 Å². The first-order chi connectivity index (χ1) is 8.19. The fraction of sp³-hybridized carbons (Fsp3) is 0.462. The zero-order valence-electron chi connectivity index (χ0n) is 10.5. The SMILES string of the molecule is CCC(N)c1ccn(CCc2cnn(C)c2)c1. The van der Waals surface area contributed by atoms with Gasteiger partial charge in [0, 0.05) is 38.2 Å². The highest BCUT2D eigenvalue weighted by Crippen LogP contribution is 2.14. The van der Waals surface area contributed by atoms with Gasteiger partial charge in [-0.1, -0.05) is 6.92 Å². The fourth-order valence-corrected chi connectivity index (χ4v) is 1.91. The molecule has 0 aliphatic heterocycles. The van der Waals surface area contributed by atoms with Crippen LogP contribution in [0.5, 0.6) is 0 Å². The van der Waals surface area contributed by atoms with Crippen LogP contribution in [0.15, 0.2) is 30.9 Å². The molecule has 2 rings (SSSR count). The first-order valence-electron chi connectivity index (χ1n) is 6.08. The van der Waals surface area contributed by atoms with Crippen molar-refractivity contribution in [3.63, 3.8) is 0 Å². The van der Waals surface area contributed by atoms with Crippen LogP contribution in [0.3, 0.4) is 0 Å². The summed E-state index contributed by atoms with van der Waals surface area (Å²) in [5.74, 6) is 0. The van der Waals surface area contributed by atoms with Crippen molar-refractivity contribution in [3.05, 3.63) is 42.0 Å². The minimum Gasteiger partial charge on any atom is -0.354 e. The van der Waals surface area contributed by atoms with Crippen LogP contribution < -0.4 is 5.73 Å². The summed E-state index contributed by atoms with van der Waals surface area (Å²) in [5.41, 5.74) is 8.48. The molecule has 0 fully saturated rings. The third-order valence-electron chi connectivity index (χ3n) is 3.06. The molecule has 1 atom stereocenters. The molecule has 2 heterocycles. The number of hydrogen-bond donors (Lipinski definition) is 1. The first kappa shape index (κ1) is 11.9. The molecule has 0 aliphatic rings. The molecule has 4 nitrogen and oxygen atoms in total. The third-order valence-corrected chi connectivity index (χ3v) is 3.06. The quantitative estimate of drug-likeness (QED) is 0.855. The second kappa shape index (κ2) is 5.19. The Balaban J connectivity index is 1.93. The maximum Gasteiger partial charge on any atom is 0.0522 e. The summed E-state index contributed by atoms with van der Waals surface area (Å²) in [5, 5.41) is 4.16. The average molecular weight is 232 g/mol. The zero-order chi connectivity index (χ0) is 12.3. The fourth-order valence-electron chi connectivity index (χ4n) is 1.91. The molecular weight excluding hydrogens is 212 g/mol. The average Bonchev–Trinajstić information content (AvgIpc) is 2.94. The van der Waals surface area contributed by atoms with Gasteiger partial charge < -0.3 is 10.3 Å². The van der Waals surface area contributed by atoms with E-state index >= 15 is 0 Å². The standard InChI is InChI=1S/C13H20N4/c1-3-13(14)12-5-7-17(10-12)6-4-11-8-15-16(2)9-11/h5,7-10,13H,3-4,6,14H2,1-2H3. The molecule has 2 aromatic rings. The molecule has 92 valence electrons. The summed E-state index contributed by atoms with van der Waals surface area (Å²) in [7, 11) is 1.94. The van der Waals surface area contributed by atoms with E-state index in [0.29, 0.717) is 0 Å². The molecule has 0 spiro atoms. The Morgan fingerprint density at radius 3 is 2.88 bits per heavy atom. The molecule has 0 amide bonds. The number of aromatic nitrogens is 3. The molecule has 1 unspecified atom stereocenters. The third kappa shape index (κ3) is 2.97. The van der Waals surface area contributed by atoms with Crippen molar-refractivity contribution in [2.75, 3.05) is 0 Å². The van der Waals surface area contributed by atoms with Gasteiger partial charge in [-0.3, -0.25) is 4.68 Å². The molecule has 0 aromatic carbocycles. The summed E-state index contributed by atoms with van der Waals surface area (Å²) >= 11 is 0. The van der Waals surface area contributed by atoms with E-state index < -0.39 is 0 Å². The van der Waals surface area contributed by atoms with E-state index in [1.807, 2.05) is 17.9 Å². The van der Waals surface area contributed by atoms with Gasteiger partial charge in [-0.05, 0) is 30.0 Å². The summed E-state index contributed by atoms with van der Waals surface area (Å²) in [6.45, 7) is 3.08. The van der Waals surface area contributed by atoms with Crippen molar-refractivity contribution in [2.45, 2.75) is 32.4 Å². The topological polar surface area (TPSA) is 48.8 Å². The highest BCUT2D eigenvalue weighted by molar-refractivity contribution is 5.15. The predicted molar refractivity (Wildman–Crippen MR) is 68.6 cm³/mol. The second-order valence-corrected chi connectivity index (χ2v) is 4.47. The molecular formula is C13H20N4. The lowest BCUT2D eigenvalue weighted by atomic mass is 10.1. The Morgan fingerprint density at radius 1 is 1.41 bits per heavy atom. The smallest absolute Gasteiger partial charge is 0.0522 e. The summed E-state index contributed by atoms with van der Waals surface area (Å²) < 4.78 is 4.03. The maximum absolute atomic E-state index is 5.99. The number of rotatable bonds is 5. The Bertz CT molecular complexity index is 469. The lowest BCUT2D eigenvalue weighted by Gasteiger charge is -2.05. The Morgan fingerprint density at radius 2 is 2.24 bits per heavy atom. The van der Waals surface area contributed by atoms with Crippen LogP contribution in [0.4, 0.5) is 0 Å². The molecule has 0 saturated heterocycles. The molecule has 2 N–H and O–H groups in total. The van der Waals surface area contributed by atoms with E-state index in [9.17, 15) is 0 Å². The van der Waals surface area contributed by atoms with E-state index in [1.165, 1.54) is 11.1 Å². The van der Waals surface area contributed by atoms with Crippen LogP contribution in [-0.2, 0) is 20.0 Å². The van der Waals surface area contributed by atoms with Crippen LogP contribution in [0.1, 0.15) is 30.5 Å². The van der Waals surface area contributed by atoms with Crippen LogP contribution in [-0.4, -0.2) is 14.3 Å². The van der Waals surface area contributed by atoms with E-state index in [1.54, 1.807) is 0 Å². The number of nitrogens with zero attached hydrogens (tertiary/aromatic N) is 3. The van der Waals surface area contributed by atoms with Crippen molar-refractivity contribution in [1.29, 1.82) is 0 Å². The molecule has 0 saturated carbocycles. The van der Waals surface area contributed by atoms with E-state index in [0.717, 1.165) is 19.4 Å². The van der Waals surface area contributed by atoms with E-state index in [-0.39, 0.29) is 6.04 Å². The van der Waals surface area contributed by atoms with Gasteiger partial charge in [0.15, 0.2) is 0 Å². The summed E-state index contributed by atoms with van der Waals surface area (Å²) in [6.07, 6.45) is 10.2. The first-order valence-corrected chi connectivity index (χ1v) is 6.08. The zero-order valence-corrected chi connectivity index (χ0v) is 10.5. The van der Waals surface area contributed by atoms with Crippen molar-refractivity contribution in [1.82, 2.24) is 14.3 Å². The van der Waals surface area contributed by atoms with Crippen molar-refractivity contribution in [2.24, 2.45) is 12.8 Å². The van der Waals surface area contributed by atoms with Gasteiger partial charge in [-0.25, -0.2) is 0 Å². The van der Waals surface area contributed by atoms with E-state index in [4.69, 9.17) is 5.73 Å². The molecule has 2 aromatic heterocycles. The molecule has 0 radical (unpaired) electrons. The van der Waals surface area contributed by atoms with Gasteiger partial charge in [-0.2, -0.15) is 5.10 Å². The van der Waals surface area contributed by atoms with Gasteiger partial charge in [0.2, 0.25) is 0 Å². The van der Waals surface area contributed by atoms with Crippen LogP contribution in [0.25, 0.3) is 0 Å². The van der Waals surface area contributed by atoms with Crippen molar-refractivity contribution < 1.29 is 0 Å². The summed E-state index contributed by atoms with van der Waals surface area (Å²) in [4.78, 5) is 0. The molecule has 0 aliphatic carbocycles. The minimum absolute atomic E-state index is 0.162. The molecule has 0 bridgehead atoms. The van der Waals surface area contributed by atoms with Crippen molar-refractivity contribution in [3.8, 4) is 0 Å². The number of aryl methyl sites for hydroxylation is 3. The number of hydrogen-bond acceptors (Lipinski definition) is 2. The Hall–Kier alpha value is -1.55.